The normalized spacial score (nSPS) is 14.0. The molecular formula is C28H20ClF7N2O3. The van der Waals surface area contributed by atoms with E-state index in [0.717, 1.165) is 11.8 Å². The summed E-state index contributed by atoms with van der Waals surface area (Å²) in [5, 5.41) is 2.47. The smallest absolute Gasteiger partial charge is 0.321 e. The molecule has 0 atom stereocenters. The minimum atomic E-state index is -6.28. The largest absolute Gasteiger partial charge is 0.435 e. The molecular weight excluding hydrogens is 581 g/mol. The van der Waals surface area contributed by atoms with E-state index in [2.05, 4.69) is 5.32 Å². The van der Waals surface area contributed by atoms with Crippen LogP contribution in [0.25, 0.3) is 0 Å². The number of rotatable bonds is 6. The lowest BCUT2D eigenvalue weighted by atomic mass is 9.89. The van der Waals surface area contributed by atoms with Crippen LogP contribution in [0.2, 0.25) is 5.02 Å². The van der Waals surface area contributed by atoms with Crippen molar-refractivity contribution in [2.24, 2.45) is 0 Å². The number of hydrogen-bond donors (Lipinski definition) is 1. The Bertz CT molecular complexity index is 1520. The molecule has 0 radical (unpaired) electrons. The second-order valence-electron chi connectivity index (χ2n) is 9.34. The number of hydrogen-bond acceptors (Lipinski definition) is 3. The van der Waals surface area contributed by atoms with E-state index in [9.17, 15) is 45.1 Å². The van der Waals surface area contributed by atoms with Gasteiger partial charge in [0.2, 0.25) is 0 Å². The molecule has 1 aliphatic heterocycles. The number of halogens is 8. The highest BCUT2D eigenvalue weighted by Gasteiger charge is 2.73. The average Bonchev–Trinajstić information content (AvgIpc) is 3.13. The third-order valence-corrected chi connectivity index (χ3v) is 7.09. The van der Waals surface area contributed by atoms with Gasteiger partial charge in [0.1, 0.15) is 0 Å². The van der Waals surface area contributed by atoms with Gasteiger partial charge in [-0.2, -0.15) is 26.3 Å². The Morgan fingerprint density at radius 3 is 1.90 bits per heavy atom. The van der Waals surface area contributed by atoms with Crippen molar-refractivity contribution in [1.82, 2.24) is 4.90 Å². The molecule has 0 unspecified atom stereocenters. The van der Waals surface area contributed by atoms with Crippen LogP contribution in [0.4, 0.5) is 36.4 Å². The van der Waals surface area contributed by atoms with E-state index in [0.29, 0.717) is 17.7 Å². The van der Waals surface area contributed by atoms with E-state index >= 15 is 0 Å². The van der Waals surface area contributed by atoms with Crippen LogP contribution in [0.3, 0.4) is 0 Å². The highest BCUT2D eigenvalue weighted by atomic mass is 35.5. The van der Waals surface area contributed by atoms with Gasteiger partial charge in [-0.3, -0.25) is 19.3 Å². The van der Waals surface area contributed by atoms with Crippen LogP contribution in [-0.4, -0.2) is 35.0 Å². The summed E-state index contributed by atoms with van der Waals surface area (Å²) in [4.78, 5) is 39.2. The Hall–Kier alpha value is -3.93. The number of carbonyl (C=O) groups is 3. The van der Waals surface area contributed by atoms with Crippen molar-refractivity contribution in [3.05, 3.63) is 98.6 Å². The molecule has 0 bridgehead atoms. The number of benzene rings is 3. The van der Waals surface area contributed by atoms with Crippen LogP contribution in [0, 0.1) is 6.92 Å². The van der Waals surface area contributed by atoms with E-state index in [1.165, 1.54) is 37.3 Å². The highest BCUT2D eigenvalue weighted by Crippen LogP contribution is 2.54. The zero-order valence-electron chi connectivity index (χ0n) is 21.3. The maximum atomic E-state index is 14.6. The molecule has 0 saturated carbocycles. The Labute approximate surface area is 233 Å². The van der Waals surface area contributed by atoms with Gasteiger partial charge in [0.25, 0.3) is 17.7 Å². The number of fused-ring (bicyclic) bond motifs is 1. The van der Waals surface area contributed by atoms with E-state index in [4.69, 9.17) is 11.6 Å². The molecule has 3 amide bonds. The lowest BCUT2D eigenvalue weighted by Gasteiger charge is -2.31. The van der Waals surface area contributed by atoms with Crippen LogP contribution < -0.4 is 5.32 Å². The molecule has 4 rings (SSSR count). The summed E-state index contributed by atoms with van der Waals surface area (Å²) in [5.74, 6) is -1.83. The Morgan fingerprint density at radius 2 is 1.41 bits per heavy atom. The van der Waals surface area contributed by atoms with Crippen molar-refractivity contribution in [3.8, 4) is 0 Å². The maximum Gasteiger partial charge on any atom is 0.435 e. The summed E-state index contributed by atoms with van der Waals surface area (Å²) in [6.45, 7) is 2.38. The molecule has 0 aromatic heterocycles. The van der Waals surface area contributed by atoms with Crippen molar-refractivity contribution in [2.75, 3.05) is 5.32 Å². The highest BCUT2D eigenvalue weighted by molar-refractivity contribution is 6.32. The number of carbonyl (C=O) groups excluding carboxylic acids is 3. The predicted octanol–water partition coefficient (Wildman–Crippen LogP) is 7.55. The van der Waals surface area contributed by atoms with E-state index in [1.54, 1.807) is 12.1 Å². The van der Waals surface area contributed by atoms with E-state index in [1.807, 2.05) is 0 Å². The van der Waals surface area contributed by atoms with Crippen molar-refractivity contribution < 1.29 is 45.1 Å². The fourth-order valence-corrected chi connectivity index (χ4v) is 4.80. The minimum absolute atomic E-state index is 0.0227. The van der Waals surface area contributed by atoms with Gasteiger partial charge in [-0.15, -0.1) is 0 Å². The number of aryl methyl sites for hydroxylation is 2. The number of amides is 3. The van der Waals surface area contributed by atoms with Crippen molar-refractivity contribution in [2.45, 2.75) is 44.8 Å². The molecule has 3 aromatic rings. The molecule has 1 N–H and O–H groups in total. The van der Waals surface area contributed by atoms with Crippen LogP contribution in [0.1, 0.15) is 60.3 Å². The van der Waals surface area contributed by atoms with E-state index in [-0.39, 0.29) is 51.5 Å². The minimum Gasteiger partial charge on any atom is -0.321 e. The van der Waals surface area contributed by atoms with Gasteiger partial charge in [-0.25, -0.2) is 4.39 Å². The molecule has 3 aromatic carbocycles. The Balaban J connectivity index is 1.59. The van der Waals surface area contributed by atoms with Crippen molar-refractivity contribution in [1.29, 1.82) is 0 Å². The van der Waals surface area contributed by atoms with Crippen LogP contribution in [0.5, 0.6) is 0 Å². The lowest BCUT2D eigenvalue weighted by molar-refractivity contribution is -0.348. The average molecular weight is 601 g/mol. The first-order chi connectivity index (χ1) is 19.0. The molecule has 1 heterocycles. The molecule has 0 fully saturated rings. The molecule has 0 aliphatic carbocycles. The van der Waals surface area contributed by atoms with Gasteiger partial charge < -0.3 is 5.32 Å². The SMILES string of the molecule is CCc1cc(C(F)(C(F)(F)F)C(F)(F)F)cc(C)c1NC(=O)c1ccc(CN2C(=O)c3ccccc3C2=O)c(Cl)c1. The summed E-state index contributed by atoms with van der Waals surface area (Å²) in [6.07, 6.45) is -12.7. The van der Waals surface area contributed by atoms with Gasteiger partial charge in [-0.05, 0) is 60.4 Å². The summed E-state index contributed by atoms with van der Waals surface area (Å²) in [7, 11) is 0. The predicted molar refractivity (Wildman–Crippen MR) is 136 cm³/mol. The zero-order valence-corrected chi connectivity index (χ0v) is 22.1. The summed E-state index contributed by atoms with van der Waals surface area (Å²) in [5.41, 5.74) is -6.93. The molecule has 0 saturated heterocycles. The zero-order chi connectivity index (χ0) is 30.5. The molecule has 41 heavy (non-hydrogen) atoms. The van der Waals surface area contributed by atoms with Gasteiger partial charge in [-0.1, -0.05) is 42.8 Å². The second kappa shape index (κ2) is 10.5. The molecule has 0 spiro atoms. The standard InChI is InChI=1S/C28H20ClF7N2O3/c1-3-15-11-18(26(30,27(31,32)33)28(34,35)36)10-14(2)22(15)37-23(39)16-8-9-17(21(29)12-16)13-38-24(40)19-6-4-5-7-20(19)25(38)41/h4-12H,3,13H2,1-2H3,(H,37,39). The fourth-order valence-electron chi connectivity index (χ4n) is 4.56. The molecule has 5 nitrogen and oxygen atoms in total. The number of imide groups is 1. The van der Waals surface area contributed by atoms with Gasteiger partial charge >= 0.3 is 18.0 Å². The third kappa shape index (κ3) is 5.16. The van der Waals surface area contributed by atoms with Gasteiger partial charge in [0, 0.05) is 21.8 Å². The van der Waals surface area contributed by atoms with Crippen LogP contribution in [-0.2, 0) is 18.6 Å². The molecule has 13 heteroatoms. The number of nitrogens with zero attached hydrogens (tertiary/aromatic N) is 1. The molecule has 216 valence electrons. The van der Waals surface area contributed by atoms with Crippen molar-refractivity contribution in [3.63, 3.8) is 0 Å². The summed E-state index contributed by atoms with van der Waals surface area (Å²) >= 11 is 6.32. The Morgan fingerprint density at radius 1 is 0.854 bits per heavy atom. The maximum absolute atomic E-state index is 14.6. The quantitative estimate of drug-likeness (QED) is 0.235. The molecule has 1 aliphatic rings. The third-order valence-electron chi connectivity index (χ3n) is 6.74. The van der Waals surface area contributed by atoms with Gasteiger partial charge in [0.15, 0.2) is 0 Å². The van der Waals surface area contributed by atoms with Gasteiger partial charge in [0.05, 0.1) is 17.7 Å². The van der Waals surface area contributed by atoms with E-state index < -0.39 is 41.3 Å². The first-order valence-corrected chi connectivity index (χ1v) is 12.4. The fraction of sp³-hybridized carbons (Fsp3) is 0.250. The second-order valence-corrected chi connectivity index (χ2v) is 9.74. The number of anilines is 1. The number of alkyl halides is 7. The first kappa shape index (κ1) is 30.0. The summed E-state index contributed by atoms with van der Waals surface area (Å²) < 4.78 is 94.3. The monoisotopic (exact) mass is 600 g/mol. The lowest BCUT2D eigenvalue weighted by Crippen LogP contribution is -2.50. The van der Waals surface area contributed by atoms with Crippen LogP contribution >= 0.6 is 11.6 Å². The first-order valence-electron chi connectivity index (χ1n) is 12.0. The number of nitrogens with one attached hydrogen (secondary N) is 1. The summed E-state index contributed by atoms with van der Waals surface area (Å²) in [6, 6.07) is 11.1. The Kier molecular flexibility index (Phi) is 7.68. The topological polar surface area (TPSA) is 66.5 Å². The van der Waals surface area contributed by atoms with Crippen molar-refractivity contribution >= 4 is 35.0 Å². The van der Waals surface area contributed by atoms with Crippen LogP contribution in [0.15, 0.2) is 54.6 Å².